The third kappa shape index (κ3) is 4.39. The van der Waals surface area contributed by atoms with Gasteiger partial charge >= 0.3 is 0 Å². The molecule has 3 aromatic rings. The molecule has 2 aromatic carbocycles. The number of rotatable bonds is 6. The van der Waals surface area contributed by atoms with E-state index < -0.39 is 10.0 Å². The first-order valence-corrected chi connectivity index (χ1v) is 9.52. The number of carbonyl (C=O) groups excluding carboxylic acids is 1. The van der Waals surface area contributed by atoms with Crippen molar-refractivity contribution >= 4 is 21.6 Å². The summed E-state index contributed by atoms with van der Waals surface area (Å²) in [6.07, 6.45) is 0. The molecule has 1 N–H and O–H groups in total. The Kier molecular flexibility index (Phi) is 5.33. The first-order valence-electron chi connectivity index (χ1n) is 8.08. The van der Waals surface area contributed by atoms with Crippen molar-refractivity contribution in [1.29, 1.82) is 0 Å². The highest BCUT2D eigenvalue weighted by Crippen LogP contribution is 2.21. The highest BCUT2D eigenvalue weighted by molar-refractivity contribution is 7.89. The van der Waals surface area contributed by atoms with Crippen LogP contribution in [0.15, 0.2) is 63.9 Å². The maximum Gasteiger partial charge on any atom is 0.247 e. The van der Waals surface area contributed by atoms with Crippen LogP contribution in [0.3, 0.4) is 0 Å². The van der Waals surface area contributed by atoms with Gasteiger partial charge < -0.3 is 9.73 Å². The predicted molar refractivity (Wildman–Crippen MR) is 99.1 cm³/mol. The molecule has 0 aliphatic carbocycles. The molecule has 0 saturated carbocycles. The number of nitrogens with zero attached hydrogens (tertiary/aromatic N) is 3. The summed E-state index contributed by atoms with van der Waals surface area (Å²) in [5, 5.41) is 10.5. The second kappa shape index (κ2) is 7.68. The molecule has 140 valence electrons. The van der Waals surface area contributed by atoms with Gasteiger partial charge in [0.1, 0.15) is 0 Å². The van der Waals surface area contributed by atoms with Crippen LogP contribution in [0.25, 0.3) is 11.5 Å². The smallest absolute Gasteiger partial charge is 0.247 e. The summed E-state index contributed by atoms with van der Waals surface area (Å²) in [7, 11) is -2.31. The lowest BCUT2D eigenvalue weighted by Crippen LogP contribution is -2.26. The van der Waals surface area contributed by atoms with Crippen LogP contribution in [-0.2, 0) is 21.4 Å². The summed E-state index contributed by atoms with van der Waals surface area (Å²) >= 11 is 0. The van der Waals surface area contributed by atoms with Crippen LogP contribution in [0, 0.1) is 0 Å². The van der Waals surface area contributed by atoms with Crippen molar-refractivity contribution in [3.63, 3.8) is 0 Å². The van der Waals surface area contributed by atoms with Crippen LogP contribution in [0.5, 0.6) is 0 Å². The molecule has 8 nitrogen and oxygen atoms in total. The van der Waals surface area contributed by atoms with E-state index in [0.29, 0.717) is 11.6 Å². The van der Waals surface area contributed by atoms with Gasteiger partial charge in [-0.1, -0.05) is 18.2 Å². The molecule has 27 heavy (non-hydrogen) atoms. The number of anilines is 1. The van der Waals surface area contributed by atoms with Crippen molar-refractivity contribution in [3.05, 3.63) is 60.5 Å². The fourth-order valence-electron chi connectivity index (χ4n) is 2.38. The monoisotopic (exact) mass is 386 g/mol. The Labute approximate surface area is 156 Å². The number of amides is 1. The van der Waals surface area contributed by atoms with Gasteiger partial charge in [0.15, 0.2) is 0 Å². The van der Waals surface area contributed by atoms with Crippen LogP contribution in [0.1, 0.15) is 12.8 Å². The maximum absolute atomic E-state index is 12.7. The highest BCUT2D eigenvalue weighted by Gasteiger charge is 2.23. The van der Waals surface area contributed by atoms with Gasteiger partial charge in [-0.25, -0.2) is 8.42 Å². The molecule has 9 heteroatoms. The number of hydrogen-bond acceptors (Lipinski definition) is 6. The lowest BCUT2D eigenvalue weighted by molar-refractivity contribution is -0.114. The molecule has 1 heterocycles. The van der Waals surface area contributed by atoms with Crippen LogP contribution in [0.2, 0.25) is 0 Å². The van der Waals surface area contributed by atoms with Crippen molar-refractivity contribution in [3.8, 4) is 11.5 Å². The van der Waals surface area contributed by atoms with Crippen molar-refractivity contribution < 1.29 is 17.6 Å². The molecular weight excluding hydrogens is 368 g/mol. The van der Waals surface area contributed by atoms with Gasteiger partial charge in [0.25, 0.3) is 0 Å². The Bertz CT molecular complexity index is 1030. The Morgan fingerprint density at radius 2 is 1.74 bits per heavy atom. The molecule has 0 unspecified atom stereocenters. The fourth-order valence-corrected chi connectivity index (χ4v) is 3.50. The zero-order chi connectivity index (χ0) is 19.4. The van der Waals surface area contributed by atoms with E-state index >= 15 is 0 Å². The van der Waals surface area contributed by atoms with E-state index in [4.69, 9.17) is 4.42 Å². The largest absolute Gasteiger partial charge is 0.419 e. The molecule has 3 rings (SSSR count). The Morgan fingerprint density at radius 3 is 2.37 bits per heavy atom. The summed E-state index contributed by atoms with van der Waals surface area (Å²) < 4.78 is 32.1. The Hall–Kier alpha value is -3.04. The molecule has 0 aliphatic heterocycles. The highest BCUT2D eigenvalue weighted by atomic mass is 32.2. The minimum atomic E-state index is -3.74. The topological polar surface area (TPSA) is 105 Å². The van der Waals surface area contributed by atoms with Crippen molar-refractivity contribution in [2.24, 2.45) is 0 Å². The molecular formula is C18H18N4O4S. The third-order valence-electron chi connectivity index (χ3n) is 3.73. The fraction of sp³-hybridized carbons (Fsp3) is 0.167. The Morgan fingerprint density at radius 1 is 1.07 bits per heavy atom. The number of nitrogens with one attached hydrogen (secondary N) is 1. The van der Waals surface area contributed by atoms with Gasteiger partial charge in [0.05, 0.1) is 11.4 Å². The standard InChI is InChI=1S/C18H18N4O4S/c1-13(23)19-15-8-10-16(11-9-15)27(24,25)22(2)12-17-20-21-18(26-17)14-6-4-3-5-7-14/h3-11H,12H2,1-2H3,(H,19,23). The second-order valence-corrected chi connectivity index (χ2v) is 7.88. The first kappa shape index (κ1) is 18.7. The van der Waals surface area contributed by atoms with Gasteiger partial charge in [-0.3, -0.25) is 4.79 Å². The normalized spacial score (nSPS) is 11.5. The summed E-state index contributed by atoms with van der Waals surface area (Å²) in [6, 6.07) is 15.1. The molecule has 1 aromatic heterocycles. The first-order chi connectivity index (χ1) is 12.9. The zero-order valence-electron chi connectivity index (χ0n) is 14.8. The SMILES string of the molecule is CC(=O)Nc1ccc(S(=O)(=O)N(C)Cc2nnc(-c3ccccc3)o2)cc1. The number of hydrogen-bond donors (Lipinski definition) is 1. The number of carbonyl (C=O) groups is 1. The number of benzene rings is 2. The minimum Gasteiger partial charge on any atom is -0.419 e. The van der Waals surface area contributed by atoms with E-state index in [9.17, 15) is 13.2 Å². The van der Waals surface area contributed by atoms with Crippen LogP contribution in [-0.4, -0.2) is 35.9 Å². The molecule has 0 saturated heterocycles. The summed E-state index contributed by atoms with van der Waals surface area (Å²) in [6.45, 7) is 1.32. The van der Waals surface area contributed by atoms with Crippen LogP contribution >= 0.6 is 0 Å². The quantitative estimate of drug-likeness (QED) is 0.698. The zero-order valence-corrected chi connectivity index (χ0v) is 15.6. The molecule has 0 spiro atoms. The molecule has 0 atom stereocenters. The van der Waals surface area contributed by atoms with Crippen molar-refractivity contribution in [2.75, 3.05) is 12.4 Å². The van der Waals surface area contributed by atoms with E-state index in [2.05, 4.69) is 15.5 Å². The van der Waals surface area contributed by atoms with E-state index in [1.54, 1.807) is 0 Å². The molecule has 0 aliphatic rings. The van der Waals surface area contributed by atoms with Crippen molar-refractivity contribution in [1.82, 2.24) is 14.5 Å². The summed E-state index contributed by atoms with van der Waals surface area (Å²) in [5.41, 5.74) is 1.28. The Balaban J connectivity index is 1.74. The lowest BCUT2D eigenvalue weighted by atomic mass is 10.2. The summed E-state index contributed by atoms with van der Waals surface area (Å²) in [5.74, 6) is 0.291. The molecule has 0 bridgehead atoms. The summed E-state index contributed by atoms with van der Waals surface area (Å²) in [4.78, 5) is 11.1. The van der Waals surface area contributed by atoms with Crippen LogP contribution in [0.4, 0.5) is 5.69 Å². The van der Waals surface area contributed by atoms with E-state index in [0.717, 1.165) is 9.87 Å². The van der Waals surface area contributed by atoms with E-state index in [1.807, 2.05) is 30.3 Å². The average Bonchev–Trinajstić information content (AvgIpc) is 3.11. The average molecular weight is 386 g/mol. The molecule has 1 amide bonds. The van der Waals surface area contributed by atoms with E-state index in [-0.39, 0.29) is 23.2 Å². The van der Waals surface area contributed by atoms with Gasteiger partial charge in [0, 0.05) is 25.2 Å². The second-order valence-electron chi connectivity index (χ2n) is 5.83. The predicted octanol–water partition coefficient (Wildman–Crippen LogP) is 2.52. The van der Waals surface area contributed by atoms with Crippen molar-refractivity contribution in [2.45, 2.75) is 18.4 Å². The third-order valence-corrected chi connectivity index (χ3v) is 5.55. The molecule has 0 fully saturated rings. The van der Waals surface area contributed by atoms with Crippen LogP contribution < -0.4 is 5.32 Å². The minimum absolute atomic E-state index is 0.0599. The van der Waals surface area contributed by atoms with Gasteiger partial charge in [-0.2, -0.15) is 4.31 Å². The maximum atomic E-state index is 12.7. The van der Waals surface area contributed by atoms with Gasteiger partial charge in [0.2, 0.25) is 27.7 Å². The van der Waals surface area contributed by atoms with Gasteiger partial charge in [-0.15, -0.1) is 10.2 Å². The number of aromatic nitrogens is 2. The molecule has 0 radical (unpaired) electrons. The van der Waals surface area contributed by atoms with Gasteiger partial charge in [-0.05, 0) is 36.4 Å². The van der Waals surface area contributed by atoms with E-state index in [1.165, 1.54) is 38.2 Å². The number of sulfonamides is 1. The lowest BCUT2D eigenvalue weighted by Gasteiger charge is -2.15.